The maximum Gasteiger partial charge on any atom is 0.157 e. The number of H-pyrrole nitrogens is 1. The Hall–Kier alpha value is -2.51. The van der Waals surface area contributed by atoms with Gasteiger partial charge in [0.1, 0.15) is 6.20 Å². The molecule has 2 saturated heterocycles. The number of aromatic amines is 1. The summed E-state index contributed by atoms with van der Waals surface area (Å²) in [7, 11) is 0. The van der Waals surface area contributed by atoms with Crippen molar-refractivity contribution in [2.24, 2.45) is 11.1 Å². The van der Waals surface area contributed by atoms with Crippen LogP contribution in [0.5, 0.6) is 0 Å². The maximum atomic E-state index is 6.40. The van der Waals surface area contributed by atoms with Crippen LogP contribution in [0.15, 0.2) is 30.6 Å². The highest BCUT2D eigenvalue weighted by Crippen LogP contribution is 2.41. The molecule has 0 amide bonds. The molecule has 4 heterocycles. The normalized spacial score (nSPS) is 24.7. The van der Waals surface area contributed by atoms with Crippen LogP contribution in [-0.4, -0.2) is 52.0 Å². The van der Waals surface area contributed by atoms with Gasteiger partial charge in [-0.2, -0.15) is 5.10 Å². The van der Waals surface area contributed by atoms with Crippen molar-refractivity contribution < 1.29 is 4.74 Å². The van der Waals surface area contributed by atoms with Crippen molar-refractivity contribution in [2.45, 2.75) is 31.9 Å². The first-order valence-electron chi connectivity index (χ1n) is 9.45. The summed E-state index contributed by atoms with van der Waals surface area (Å²) in [5, 5.41) is 8.11. The van der Waals surface area contributed by atoms with Crippen molar-refractivity contribution in [3.63, 3.8) is 0 Å². The number of nitrogens with two attached hydrogens (primary N) is 1. The van der Waals surface area contributed by atoms with E-state index < -0.39 is 0 Å². The van der Waals surface area contributed by atoms with E-state index in [4.69, 9.17) is 10.5 Å². The monoisotopic (exact) mass is 363 g/mol. The summed E-state index contributed by atoms with van der Waals surface area (Å²) in [4.78, 5) is 11.4. The molecule has 1 radical (unpaired) electrons. The molecule has 1 aromatic carbocycles. The lowest BCUT2D eigenvalue weighted by Crippen LogP contribution is -2.50. The number of piperidine rings is 1. The molecule has 139 valence electrons. The van der Waals surface area contributed by atoms with Crippen molar-refractivity contribution in [1.82, 2.24) is 20.2 Å². The number of hydrogen-bond donors (Lipinski definition) is 2. The Labute approximate surface area is 157 Å². The van der Waals surface area contributed by atoms with E-state index >= 15 is 0 Å². The zero-order valence-electron chi connectivity index (χ0n) is 15.4. The van der Waals surface area contributed by atoms with Crippen LogP contribution in [0, 0.1) is 11.6 Å². The van der Waals surface area contributed by atoms with Crippen molar-refractivity contribution in [3.8, 4) is 11.3 Å². The molecule has 0 bridgehead atoms. The zero-order chi connectivity index (χ0) is 18.4. The minimum Gasteiger partial charge on any atom is -0.376 e. The van der Waals surface area contributed by atoms with Crippen LogP contribution in [0.4, 0.5) is 5.82 Å². The lowest BCUT2D eigenvalue weighted by Gasteiger charge is -2.41. The minimum absolute atomic E-state index is 0.114. The standard InChI is InChI=1S/C20H23N6O/c1-13-19(21)20(12-27-13)4-6-26(7-5-20)18-11-22-17(10-23-18)14-2-3-16-15(8-14)9-24-25-16/h2-3,8-10,13,19H,4-7,12,21H2,1H3,(H,24,25)/t13-,19+/m0/s1. The molecule has 0 saturated carbocycles. The van der Waals surface area contributed by atoms with E-state index in [0.29, 0.717) is 0 Å². The first-order valence-corrected chi connectivity index (χ1v) is 9.45. The number of rotatable bonds is 2. The maximum absolute atomic E-state index is 6.40. The highest BCUT2D eigenvalue weighted by molar-refractivity contribution is 5.83. The van der Waals surface area contributed by atoms with Gasteiger partial charge in [0.15, 0.2) is 5.82 Å². The van der Waals surface area contributed by atoms with Crippen LogP contribution in [0.25, 0.3) is 22.2 Å². The third-order valence-electron chi connectivity index (χ3n) is 6.22. The van der Waals surface area contributed by atoms with Gasteiger partial charge in [0.05, 0.1) is 30.1 Å². The van der Waals surface area contributed by atoms with Gasteiger partial charge >= 0.3 is 0 Å². The van der Waals surface area contributed by atoms with Crippen LogP contribution in [0.1, 0.15) is 19.8 Å². The average molecular weight is 363 g/mol. The zero-order valence-corrected chi connectivity index (χ0v) is 15.4. The Kier molecular flexibility index (Phi) is 3.87. The van der Waals surface area contributed by atoms with E-state index in [1.165, 1.54) is 0 Å². The van der Waals surface area contributed by atoms with Crippen molar-refractivity contribution in [3.05, 3.63) is 36.8 Å². The smallest absolute Gasteiger partial charge is 0.157 e. The Morgan fingerprint density at radius 3 is 2.89 bits per heavy atom. The number of fused-ring (bicyclic) bond motifs is 1. The molecule has 0 aliphatic carbocycles. The molecule has 2 aliphatic heterocycles. The van der Waals surface area contributed by atoms with E-state index in [0.717, 1.165) is 60.5 Å². The van der Waals surface area contributed by atoms with Gasteiger partial charge in [0.2, 0.25) is 0 Å². The van der Waals surface area contributed by atoms with Crippen LogP contribution in [0.2, 0.25) is 0 Å². The molecule has 7 heteroatoms. The summed E-state index contributed by atoms with van der Waals surface area (Å²) < 4.78 is 5.80. The first-order chi connectivity index (χ1) is 13.1. The Balaban J connectivity index is 1.31. The van der Waals surface area contributed by atoms with Gasteiger partial charge < -0.3 is 15.4 Å². The number of nitrogens with zero attached hydrogens (tertiary/aromatic N) is 4. The summed E-state index contributed by atoms with van der Waals surface area (Å²) in [6.07, 6.45) is 9.02. The molecule has 5 rings (SSSR count). The fourth-order valence-corrected chi connectivity index (χ4v) is 4.32. The number of nitrogens with one attached hydrogen (secondary N) is 1. The molecule has 3 aromatic rings. The van der Waals surface area contributed by atoms with E-state index in [-0.39, 0.29) is 17.6 Å². The third kappa shape index (κ3) is 2.78. The molecule has 0 unspecified atom stereocenters. The third-order valence-corrected chi connectivity index (χ3v) is 6.22. The van der Waals surface area contributed by atoms with E-state index in [9.17, 15) is 0 Å². The minimum atomic E-state index is 0.114. The molecule has 3 N–H and O–H groups in total. The molecule has 7 nitrogen and oxygen atoms in total. The molecule has 27 heavy (non-hydrogen) atoms. The molecule has 1 spiro atoms. The second-order valence-corrected chi connectivity index (χ2v) is 7.74. The van der Waals surface area contributed by atoms with Crippen LogP contribution < -0.4 is 10.6 Å². The van der Waals surface area contributed by atoms with E-state index in [1.807, 2.05) is 24.5 Å². The lowest BCUT2D eigenvalue weighted by atomic mass is 9.73. The lowest BCUT2D eigenvalue weighted by molar-refractivity contribution is 0.0974. The Morgan fingerprint density at radius 2 is 2.19 bits per heavy atom. The van der Waals surface area contributed by atoms with Gasteiger partial charge in [-0.25, -0.2) is 9.97 Å². The molecule has 2 aliphatic rings. The molecular formula is C20H23N6O. The second kappa shape index (κ2) is 6.28. The summed E-state index contributed by atoms with van der Waals surface area (Å²) >= 11 is 0. The summed E-state index contributed by atoms with van der Waals surface area (Å²) in [5.41, 5.74) is 9.29. The first kappa shape index (κ1) is 16.6. The van der Waals surface area contributed by atoms with Crippen molar-refractivity contribution in [1.29, 1.82) is 0 Å². The summed E-state index contributed by atoms with van der Waals surface area (Å²) in [6.45, 7) is 4.67. The van der Waals surface area contributed by atoms with Crippen LogP contribution >= 0.6 is 0 Å². The number of anilines is 1. The van der Waals surface area contributed by atoms with Crippen LogP contribution in [0.3, 0.4) is 0 Å². The molecule has 2 atom stereocenters. The van der Waals surface area contributed by atoms with Gasteiger partial charge in [-0.3, -0.25) is 5.10 Å². The van der Waals surface area contributed by atoms with Gasteiger partial charge in [-0.05, 0) is 31.9 Å². The fourth-order valence-electron chi connectivity index (χ4n) is 4.32. The number of ether oxygens (including phenoxy) is 1. The molecule has 2 aromatic heterocycles. The largest absolute Gasteiger partial charge is 0.376 e. The Bertz CT molecular complexity index is 945. The van der Waals surface area contributed by atoms with Gasteiger partial charge in [-0.15, -0.1) is 0 Å². The predicted octanol–water partition coefficient (Wildman–Crippen LogP) is 2.15. The van der Waals surface area contributed by atoms with E-state index in [1.54, 1.807) is 0 Å². The van der Waals surface area contributed by atoms with Crippen LogP contribution in [-0.2, 0) is 4.74 Å². The van der Waals surface area contributed by atoms with Gasteiger partial charge in [0.25, 0.3) is 0 Å². The molecule has 2 fully saturated rings. The Morgan fingerprint density at radius 1 is 1.33 bits per heavy atom. The van der Waals surface area contributed by atoms with Gasteiger partial charge in [-0.1, -0.05) is 6.07 Å². The fraction of sp³-hybridized carbons (Fsp3) is 0.450. The van der Waals surface area contributed by atoms with Crippen molar-refractivity contribution in [2.75, 3.05) is 24.6 Å². The topological polar surface area (TPSA) is 93.0 Å². The molecular weight excluding hydrogens is 340 g/mol. The average Bonchev–Trinajstić information content (AvgIpc) is 3.29. The van der Waals surface area contributed by atoms with Gasteiger partial charge in [0, 0.05) is 41.7 Å². The number of hydrogen-bond acceptors (Lipinski definition) is 6. The number of aromatic nitrogens is 4. The summed E-state index contributed by atoms with van der Waals surface area (Å²) in [5.74, 6) is 0.804. The SMILES string of the molecule is C[C@@H]1OCC2(CCN(c3[c]nc(-c4ccc5n[nH]cc5c4)cn3)CC2)[C@@H]1N. The highest BCUT2D eigenvalue weighted by Gasteiger charge is 2.47. The van der Waals surface area contributed by atoms with Crippen molar-refractivity contribution >= 4 is 16.7 Å². The van der Waals surface area contributed by atoms with E-state index in [2.05, 4.69) is 44.3 Å². The second-order valence-electron chi connectivity index (χ2n) is 7.74. The predicted molar refractivity (Wildman–Crippen MR) is 103 cm³/mol. The quantitative estimate of drug-likeness (QED) is 0.725. The highest BCUT2D eigenvalue weighted by atomic mass is 16.5. The summed E-state index contributed by atoms with van der Waals surface area (Å²) in [6, 6.07) is 6.17. The number of benzene rings is 1.